The summed E-state index contributed by atoms with van der Waals surface area (Å²) in [6, 6.07) is 2.00. The van der Waals surface area contributed by atoms with Crippen LogP contribution < -0.4 is 10.2 Å². The van der Waals surface area contributed by atoms with Gasteiger partial charge in [-0.2, -0.15) is 0 Å². The first kappa shape index (κ1) is 15.0. The Morgan fingerprint density at radius 3 is 2.90 bits per heavy atom. The molecule has 1 N–H and O–H groups in total. The molecule has 0 spiro atoms. The van der Waals surface area contributed by atoms with E-state index in [2.05, 4.69) is 27.1 Å². The van der Waals surface area contributed by atoms with Crippen molar-refractivity contribution in [2.45, 2.75) is 33.1 Å². The van der Waals surface area contributed by atoms with Crippen LogP contribution in [0.1, 0.15) is 32.0 Å². The maximum absolute atomic E-state index is 5.67. The van der Waals surface area contributed by atoms with Crippen LogP contribution in [-0.2, 0) is 4.74 Å². The fraction of sp³-hybridized carbons (Fsp3) is 0.733. The van der Waals surface area contributed by atoms with Gasteiger partial charge < -0.3 is 15.0 Å². The van der Waals surface area contributed by atoms with Gasteiger partial charge in [-0.25, -0.2) is 9.97 Å². The molecule has 1 aliphatic rings. The molecule has 0 aliphatic heterocycles. The molecule has 2 rings (SSSR count). The van der Waals surface area contributed by atoms with Crippen LogP contribution in [-0.4, -0.2) is 43.3 Å². The lowest BCUT2D eigenvalue weighted by Gasteiger charge is -2.19. The van der Waals surface area contributed by atoms with Crippen molar-refractivity contribution < 1.29 is 4.74 Å². The molecule has 0 aromatic carbocycles. The summed E-state index contributed by atoms with van der Waals surface area (Å²) in [6.07, 6.45) is 3.77. The topological polar surface area (TPSA) is 50.3 Å². The molecule has 1 aliphatic carbocycles. The molecular formula is C15H26N4O. The first-order valence-corrected chi connectivity index (χ1v) is 7.57. The lowest BCUT2D eigenvalue weighted by molar-refractivity contribution is 0.131. The zero-order valence-corrected chi connectivity index (χ0v) is 12.9. The first-order chi connectivity index (χ1) is 9.69. The molecule has 1 aromatic heterocycles. The van der Waals surface area contributed by atoms with E-state index in [1.165, 1.54) is 12.8 Å². The van der Waals surface area contributed by atoms with E-state index in [0.29, 0.717) is 0 Å². The average Bonchev–Trinajstić information content (AvgIpc) is 3.24. The molecule has 0 atom stereocenters. The quantitative estimate of drug-likeness (QED) is 0.703. The number of aromatic nitrogens is 2. The van der Waals surface area contributed by atoms with E-state index in [0.717, 1.165) is 56.1 Å². The lowest BCUT2D eigenvalue weighted by Crippen LogP contribution is -2.24. The van der Waals surface area contributed by atoms with E-state index in [1.54, 1.807) is 0 Å². The molecule has 5 nitrogen and oxygen atoms in total. The number of likely N-dealkylation sites (N-methyl/N-ethyl adjacent to an activating group) is 1. The van der Waals surface area contributed by atoms with E-state index >= 15 is 0 Å². The molecular weight excluding hydrogens is 252 g/mol. The van der Waals surface area contributed by atoms with Gasteiger partial charge in [-0.05, 0) is 32.1 Å². The second-order valence-corrected chi connectivity index (χ2v) is 5.53. The van der Waals surface area contributed by atoms with E-state index in [-0.39, 0.29) is 0 Å². The Hall–Kier alpha value is -1.36. The third-order valence-electron chi connectivity index (χ3n) is 3.39. The first-order valence-electron chi connectivity index (χ1n) is 7.57. The van der Waals surface area contributed by atoms with Crippen molar-refractivity contribution in [3.05, 3.63) is 11.9 Å². The van der Waals surface area contributed by atoms with E-state index in [1.807, 2.05) is 20.0 Å². The van der Waals surface area contributed by atoms with Crippen molar-refractivity contribution in [3.8, 4) is 0 Å². The fourth-order valence-corrected chi connectivity index (χ4v) is 1.94. The van der Waals surface area contributed by atoms with E-state index in [9.17, 15) is 0 Å². The van der Waals surface area contributed by atoms with Crippen LogP contribution in [0.15, 0.2) is 6.07 Å². The Bertz CT molecular complexity index is 420. The van der Waals surface area contributed by atoms with Gasteiger partial charge in [-0.15, -0.1) is 0 Å². The maximum Gasteiger partial charge on any atom is 0.134 e. The fourth-order valence-electron chi connectivity index (χ4n) is 1.94. The number of anilines is 2. The minimum absolute atomic E-state index is 0.758. The van der Waals surface area contributed by atoms with Gasteiger partial charge in [0.2, 0.25) is 0 Å². The molecule has 0 amide bonds. The summed E-state index contributed by atoms with van der Waals surface area (Å²) in [6.45, 7) is 7.54. The normalized spacial score (nSPS) is 14.3. The zero-order chi connectivity index (χ0) is 14.4. The lowest BCUT2D eigenvalue weighted by atomic mass is 10.4. The molecule has 112 valence electrons. The van der Waals surface area contributed by atoms with Crippen LogP contribution >= 0.6 is 0 Å². The van der Waals surface area contributed by atoms with Crippen molar-refractivity contribution in [3.63, 3.8) is 0 Å². The largest absolute Gasteiger partial charge is 0.379 e. The van der Waals surface area contributed by atoms with Gasteiger partial charge in [0.05, 0.1) is 6.61 Å². The van der Waals surface area contributed by atoms with Crippen LogP contribution in [0.5, 0.6) is 0 Å². The molecule has 5 heteroatoms. The molecule has 0 unspecified atom stereocenters. The Morgan fingerprint density at radius 1 is 1.40 bits per heavy atom. The number of nitrogens with zero attached hydrogens (tertiary/aromatic N) is 3. The van der Waals surface area contributed by atoms with E-state index < -0.39 is 0 Å². The van der Waals surface area contributed by atoms with Crippen molar-refractivity contribution in [2.24, 2.45) is 5.92 Å². The van der Waals surface area contributed by atoms with Crippen LogP contribution in [0.4, 0.5) is 11.6 Å². The SMILES string of the molecule is CCCNc1cc(N(C)CCOCC2CC2)nc(C)n1. The maximum atomic E-state index is 5.67. The number of hydrogen-bond acceptors (Lipinski definition) is 5. The van der Waals surface area contributed by atoms with Crippen molar-refractivity contribution in [1.82, 2.24) is 9.97 Å². The van der Waals surface area contributed by atoms with Gasteiger partial charge in [0.15, 0.2) is 0 Å². The second kappa shape index (κ2) is 7.43. The van der Waals surface area contributed by atoms with E-state index in [4.69, 9.17) is 4.74 Å². The van der Waals surface area contributed by atoms with Crippen LogP contribution in [0.2, 0.25) is 0 Å². The number of rotatable bonds is 9. The summed E-state index contributed by atoms with van der Waals surface area (Å²) in [7, 11) is 2.05. The van der Waals surface area contributed by atoms with Crippen molar-refractivity contribution >= 4 is 11.6 Å². The van der Waals surface area contributed by atoms with Gasteiger partial charge in [0.1, 0.15) is 17.5 Å². The minimum atomic E-state index is 0.758. The highest BCUT2D eigenvalue weighted by Crippen LogP contribution is 2.28. The molecule has 20 heavy (non-hydrogen) atoms. The van der Waals surface area contributed by atoms with Gasteiger partial charge in [-0.1, -0.05) is 6.92 Å². The highest BCUT2D eigenvalue weighted by Gasteiger charge is 2.21. The highest BCUT2D eigenvalue weighted by molar-refractivity contribution is 5.48. The summed E-state index contributed by atoms with van der Waals surface area (Å²) in [4.78, 5) is 11.0. The number of aryl methyl sites for hydroxylation is 1. The Kier molecular flexibility index (Phi) is 5.59. The summed E-state index contributed by atoms with van der Waals surface area (Å²) in [5.74, 6) is 3.48. The molecule has 0 saturated heterocycles. The standard InChI is InChI=1S/C15H26N4O/c1-4-7-16-14-10-15(18-12(2)17-14)19(3)8-9-20-11-13-5-6-13/h10,13H,4-9,11H2,1-3H3,(H,16,17,18). The van der Waals surface area contributed by atoms with Crippen LogP contribution in [0.25, 0.3) is 0 Å². The molecule has 1 aromatic rings. The predicted octanol–water partition coefficient (Wildman–Crippen LogP) is 2.47. The molecule has 0 bridgehead atoms. The Labute approximate surface area is 121 Å². The van der Waals surface area contributed by atoms with Gasteiger partial charge >= 0.3 is 0 Å². The third-order valence-corrected chi connectivity index (χ3v) is 3.39. The monoisotopic (exact) mass is 278 g/mol. The predicted molar refractivity (Wildman–Crippen MR) is 82.4 cm³/mol. The summed E-state index contributed by atoms with van der Waals surface area (Å²) in [5, 5.41) is 3.31. The van der Waals surface area contributed by atoms with Crippen molar-refractivity contribution in [2.75, 3.05) is 43.6 Å². The minimum Gasteiger partial charge on any atom is -0.379 e. The van der Waals surface area contributed by atoms with Crippen LogP contribution in [0.3, 0.4) is 0 Å². The zero-order valence-electron chi connectivity index (χ0n) is 12.9. The molecule has 1 heterocycles. The molecule has 1 fully saturated rings. The van der Waals surface area contributed by atoms with Crippen LogP contribution in [0, 0.1) is 12.8 Å². The van der Waals surface area contributed by atoms with Gasteiger partial charge in [-0.3, -0.25) is 0 Å². The summed E-state index contributed by atoms with van der Waals surface area (Å²) >= 11 is 0. The number of ether oxygens (including phenoxy) is 1. The van der Waals surface area contributed by atoms with Gasteiger partial charge in [0, 0.05) is 32.8 Å². The smallest absolute Gasteiger partial charge is 0.134 e. The molecule has 0 radical (unpaired) electrons. The highest BCUT2D eigenvalue weighted by atomic mass is 16.5. The summed E-state index contributed by atoms with van der Waals surface area (Å²) in [5.41, 5.74) is 0. The number of hydrogen-bond donors (Lipinski definition) is 1. The molecule has 1 saturated carbocycles. The number of nitrogens with one attached hydrogen (secondary N) is 1. The third kappa shape index (κ3) is 4.96. The second-order valence-electron chi connectivity index (χ2n) is 5.53. The Balaban J connectivity index is 1.83. The van der Waals surface area contributed by atoms with Gasteiger partial charge in [0.25, 0.3) is 0 Å². The average molecular weight is 278 g/mol. The summed E-state index contributed by atoms with van der Waals surface area (Å²) < 4.78 is 5.67. The van der Waals surface area contributed by atoms with Crippen molar-refractivity contribution in [1.29, 1.82) is 0 Å². The Morgan fingerprint density at radius 2 is 2.20 bits per heavy atom.